The Hall–Kier alpha value is -2.40. The van der Waals surface area contributed by atoms with Crippen LogP contribution in [-0.2, 0) is 16.0 Å². The lowest BCUT2D eigenvalue weighted by Gasteiger charge is -2.11. The maximum absolute atomic E-state index is 12.0. The second-order valence-corrected chi connectivity index (χ2v) is 5.74. The van der Waals surface area contributed by atoms with Crippen LogP contribution < -0.4 is 16.4 Å². The van der Waals surface area contributed by atoms with Gasteiger partial charge in [-0.3, -0.25) is 9.59 Å². The Morgan fingerprint density at radius 2 is 1.78 bits per heavy atom. The van der Waals surface area contributed by atoms with Gasteiger partial charge in [-0.05, 0) is 28.8 Å². The highest BCUT2D eigenvalue weighted by Gasteiger charge is 2.09. The Kier molecular flexibility index (Phi) is 6.11. The normalized spacial score (nSPS) is 11.9. The number of carbonyl (C=O) groups is 2. The number of amides is 2. The first-order valence-corrected chi connectivity index (χ1v) is 7.80. The molecule has 2 rings (SSSR count). The Balaban J connectivity index is 1.86. The quantitative estimate of drug-likeness (QED) is 0.718. The Morgan fingerprint density at radius 1 is 1.04 bits per heavy atom. The number of hydrogen-bond acceptors (Lipinski definition) is 3. The van der Waals surface area contributed by atoms with Crippen molar-refractivity contribution < 1.29 is 9.59 Å². The molecule has 2 amide bonds. The molecular weight excluding hydrogens is 290 g/mol. The molecule has 0 spiro atoms. The molecule has 1 atom stereocenters. The number of rotatable bonds is 7. The lowest BCUT2D eigenvalue weighted by molar-refractivity contribution is -0.125. The first-order valence-electron chi connectivity index (χ1n) is 7.80. The van der Waals surface area contributed by atoms with Crippen LogP contribution in [0, 0.1) is 5.92 Å². The zero-order chi connectivity index (χ0) is 16.7. The van der Waals surface area contributed by atoms with Crippen molar-refractivity contribution in [1.82, 2.24) is 10.6 Å². The third kappa shape index (κ3) is 5.07. The van der Waals surface area contributed by atoms with E-state index < -0.39 is 0 Å². The average molecular weight is 313 g/mol. The molecule has 2 aromatic carbocycles. The lowest BCUT2D eigenvalue weighted by atomic mass is 10.0. The van der Waals surface area contributed by atoms with Gasteiger partial charge < -0.3 is 16.4 Å². The lowest BCUT2D eigenvalue weighted by Crippen LogP contribution is -2.39. The number of nitrogens with two attached hydrogens (primary N) is 1. The molecule has 122 valence electrons. The van der Waals surface area contributed by atoms with E-state index in [0.29, 0.717) is 13.1 Å². The van der Waals surface area contributed by atoms with E-state index in [1.165, 1.54) is 0 Å². The number of benzene rings is 2. The summed E-state index contributed by atoms with van der Waals surface area (Å²) in [5.74, 6) is -0.134. The summed E-state index contributed by atoms with van der Waals surface area (Å²) < 4.78 is 0. The molecule has 1 unspecified atom stereocenters. The van der Waals surface area contributed by atoms with Gasteiger partial charge >= 0.3 is 0 Å². The van der Waals surface area contributed by atoms with Crippen molar-refractivity contribution >= 4 is 22.6 Å². The van der Waals surface area contributed by atoms with E-state index >= 15 is 0 Å². The summed E-state index contributed by atoms with van der Waals surface area (Å²) in [4.78, 5) is 23.7. The minimum atomic E-state index is -0.198. The Bertz CT molecular complexity index is 680. The number of nitrogens with one attached hydrogen (secondary N) is 2. The van der Waals surface area contributed by atoms with Crippen LogP contribution in [0.4, 0.5) is 0 Å². The minimum Gasteiger partial charge on any atom is -0.354 e. The zero-order valence-corrected chi connectivity index (χ0v) is 13.3. The molecule has 0 saturated carbocycles. The highest BCUT2D eigenvalue weighted by molar-refractivity contribution is 5.91. The highest BCUT2D eigenvalue weighted by atomic mass is 16.2. The van der Waals surface area contributed by atoms with E-state index in [1.54, 1.807) is 0 Å². The van der Waals surface area contributed by atoms with E-state index in [0.717, 1.165) is 16.3 Å². The van der Waals surface area contributed by atoms with E-state index in [4.69, 9.17) is 5.73 Å². The largest absolute Gasteiger partial charge is 0.354 e. The van der Waals surface area contributed by atoms with Crippen molar-refractivity contribution in [3.05, 3.63) is 48.0 Å². The molecule has 4 N–H and O–H groups in total. The van der Waals surface area contributed by atoms with E-state index in [1.807, 2.05) is 49.4 Å². The van der Waals surface area contributed by atoms with Crippen molar-refractivity contribution in [2.45, 2.75) is 13.3 Å². The Labute approximate surface area is 136 Å². The van der Waals surface area contributed by atoms with Crippen LogP contribution in [0.3, 0.4) is 0 Å². The first kappa shape index (κ1) is 17.0. The molecule has 5 heteroatoms. The van der Waals surface area contributed by atoms with Gasteiger partial charge in [0.1, 0.15) is 0 Å². The van der Waals surface area contributed by atoms with Crippen LogP contribution in [0.15, 0.2) is 42.5 Å². The van der Waals surface area contributed by atoms with Crippen LogP contribution in [0.1, 0.15) is 12.5 Å². The SMILES string of the molecule is CC(CN)CNC(=O)CNC(=O)Cc1cccc2ccccc12. The van der Waals surface area contributed by atoms with Gasteiger partial charge in [0.25, 0.3) is 0 Å². The molecule has 0 aliphatic carbocycles. The Morgan fingerprint density at radius 3 is 2.57 bits per heavy atom. The standard InChI is InChI=1S/C18H23N3O2/c1-13(10-19)11-20-18(23)12-21-17(22)9-15-7-4-6-14-5-2-3-8-16(14)15/h2-8,13H,9-12,19H2,1H3,(H,20,23)(H,21,22). The molecule has 0 fully saturated rings. The monoisotopic (exact) mass is 313 g/mol. The fraction of sp³-hybridized carbons (Fsp3) is 0.333. The third-order valence-electron chi connectivity index (χ3n) is 3.73. The van der Waals surface area contributed by atoms with Gasteiger partial charge in [0.05, 0.1) is 13.0 Å². The van der Waals surface area contributed by atoms with Crippen molar-refractivity contribution in [3.63, 3.8) is 0 Å². The molecule has 23 heavy (non-hydrogen) atoms. The van der Waals surface area contributed by atoms with Gasteiger partial charge in [-0.25, -0.2) is 0 Å². The van der Waals surface area contributed by atoms with E-state index in [-0.39, 0.29) is 30.7 Å². The molecule has 2 aromatic rings. The number of fused-ring (bicyclic) bond motifs is 1. The maximum Gasteiger partial charge on any atom is 0.239 e. The predicted octanol–water partition coefficient (Wildman–Crippen LogP) is 1.21. The van der Waals surface area contributed by atoms with Crippen LogP contribution in [-0.4, -0.2) is 31.4 Å². The van der Waals surface area contributed by atoms with Crippen molar-refractivity contribution in [2.75, 3.05) is 19.6 Å². The smallest absolute Gasteiger partial charge is 0.239 e. The predicted molar refractivity (Wildman–Crippen MR) is 91.9 cm³/mol. The first-order chi connectivity index (χ1) is 11.1. The van der Waals surface area contributed by atoms with Crippen LogP contribution >= 0.6 is 0 Å². The summed E-state index contributed by atoms with van der Waals surface area (Å²) in [7, 11) is 0. The fourth-order valence-electron chi connectivity index (χ4n) is 2.29. The summed E-state index contributed by atoms with van der Waals surface area (Å²) in [6, 6.07) is 13.8. The molecule has 0 bridgehead atoms. The van der Waals surface area contributed by atoms with Gasteiger partial charge in [-0.1, -0.05) is 49.4 Å². The third-order valence-corrected chi connectivity index (χ3v) is 3.73. The van der Waals surface area contributed by atoms with Crippen LogP contribution in [0.25, 0.3) is 10.8 Å². The van der Waals surface area contributed by atoms with Crippen LogP contribution in [0.2, 0.25) is 0 Å². The summed E-state index contributed by atoms with van der Waals surface area (Å²) in [6.45, 7) is 2.99. The summed E-state index contributed by atoms with van der Waals surface area (Å²) >= 11 is 0. The van der Waals surface area contributed by atoms with Crippen molar-refractivity contribution in [3.8, 4) is 0 Å². The molecule has 5 nitrogen and oxygen atoms in total. The topological polar surface area (TPSA) is 84.2 Å². The van der Waals surface area contributed by atoms with Gasteiger partial charge in [0, 0.05) is 6.54 Å². The highest BCUT2D eigenvalue weighted by Crippen LogP contribution is 2.18. The molecule has 0 radical (unpaired) electrons. The van der Waals surface area contributed by atoms with Gasteiger partial charge in [-0.2, -0.15) is 0 Å². The molecule has 0 heterocycles. The second-order valence-electron chi connectivity index (χ2n) is 5.74. The summed E-state index contributed by atoms with van der Waals surface area (Å²) in [5, 5.41) is 7.57. The van der Waals surface area contributed by atoms with Crippen molar-refractivity contribution in [2.24, 2.45) is 11.7 Å². The summed E-state index contributed by atoms with van der Waals surface area (Å²) in [6.07, 6.45) is 0.258. The van der Waals surface area contributed by atoms with Gasteiger partial charge in [0.15, 0.2) is 0 Å². The summed E-state index contributed by atoms with van der Waals surface area (Å²) in [5.41, 5.74) is 6.45. The van der Waals surface area contributed by atoms with Crippen molar-refractivity contribution in [1.29, 1.82) is 0 Å². The number of hydrogen-bond donors (Lipinski definition) is 3. The van der Waals surface area contributed by atoms with E-state index in [9.17, 15) is 9.59 Å². The van der Waals surface area contributed by atoms with Crippen LogP contribution in [0.5, 0.6) is 0 Å². The average Bonchev–Trinajstić information content (AvgIpc) is 2.58. The molecule has 0 aliphatic rings. The zero-order valence-electron chi connectivity index (χ0n) is 13.3. The fourth-order valence-corrected chi connectivity index (χ4v) is 2.29. The van der Waals surface area contributed by atoms with Gasteiger partial charge in [0.2, 0.25) is 11.8 Å². The molecule has 0 aromatic heterocycles. The maximum atomic E-state index is 12.0. The number of carbonyl (C=O) groups excluding carboxylic acids is 2. The molecule has 0 aliphatic heterocycles. The van der Waals surface area contributed by atoms with E-state index in [2.05, 4.69) is 10.6 Å². The molecular formula is C18H23N3O2. The second kappa shape index (κ2) is 8.29. The minimum absolute atomic E-state index is 0.0130. The molecule has 0 saturated heterocycles. The van der Waals surface area contributed by atoms with Gasteiger partial charge in [-0.15, -0.1) is 0 Å².